The molecule has 1 aromatic rings. The highest BCUT2D eigenvalue weighted by atomic mass is 32.1. The zero-order valence-corrected chi connectivity index (χ0v) is 12.1. The van der Waals surface area contributed by atoms with Gasteiger partial charge in [-0.15, -0.1) is 11.3 Å². The summed E-state index contributed by atoms with van der Waals surface area (Å²) in [4.78, 5) is 18.8. The molecule has 3 rings (SSSR count). The second-order valence-corrected chi connectivity index (χ2v) is 6.28. The van der Waals surface area contributed by atoms with Crippen LogP contribution in [0.3, 0.4) is 0 Å². The molecular weight excluding hydrogens is 260 g/mol. The van der Waals surface area contributed by atoms with Crippen LogP contribution in [0, 0.1) is 6.92 Å². The van der Waals surface area contributed by atoms with Crippen LogP contribution in [-0.2, 0) is 9.53 Å². The van der Waals surface area contributed by atoms with Gasteiger partial charge in [0, 0.05) is 24.4 Å². The van der Waals surface area contributed by atoms with Crippen LogP contribution >= 0.6 is 11.3 Å². The van der Waals surface area contributed by atoms with Gasteiger partial charge in [-0.3, -0.25) is 9.69 Å². The number of nitrogens with zero attached hydrogens (tertiary/aromatic N) is 2. The largest absolute Gasteiger partial charge is 0.378 e. The van der Waals surface area contributed by atoms with Gasteiger partial charge in [-0.2, -0.15) is 0 Å². The minimum atomic E-state index is 0.215. The van der Waals surface area contributed by atoms with Crippen molar-refractivity contribution in [2.24, 2.45) is 0 Å². The van der Waals surface area contributed by atoms with Crippen molar-refractivity contribution in [3.8, 4) is 0 Å². The molecule has 1 atom stereocenters. The molecule has 0 radical (unpaired) electrons. The lowest BCUT2D eigenvalue weighted by Gasteiger charge is -2.20. The molecule has 19 heavy (non-hydrogen) atoms. The number of hydrogen-bond donors (Lipinski definition) is 0. The van der Waals surface area contributed by atoms with Crippen LogP contribution < -0.4 is 4.90 Å². The first-order chi connectivity index (χ1) is 9.24. The Bertz CT molecular complexity index is 450. The highest BCUT2D eigenvalue weighted by Gasteiger charge is 2.35. The van der Waals surface area contributed by atoms with E-state index < -0.39 is 0 Å². The first-order valence-electron chi connectivity index (χ1n) is 7.10. The number of thiazole rings is 1. The average molecular weight is 280 g/mol. The number of carbonyl (C=O) groups is 1. The molecule has 1 saturated carbocycles. The lowest BCUT2D eigenvalue weighted by atomic mass is 10.1. The lowest BCUT2D eigenvalue weighted by Crippen LogP contribution is -2.33. The van der Waals surface area contributed by atoms with Gasteiger partial charge in [0.1, 0.15) is 0 Å². The van der Waals surface area contributed by atoms with Gasteiger partial charge in [-0.25, -0.2) is 4.98 Å². The Morgan fingerprint density at radius 3 is 2.95 bits per heavy atom. The number of amides is 1. The molecule has 2 fully saturated rings. The molecule has 1 aliphatic carbocycles. The summed E-state index contributed by atoms with van der Waals surface area (Å²) in [5.41, 5.74) is 0.998. The van der Waals surface area contributed by atoms with Crippen molar-refractivity contribution in [3.63, 3.8) is 0 Å². The van der Waals surface area contributed by atoms with E-state index in [9.17, 15) is 4.79 Å². The van der Waals surface area contributed by atoms with E-state index in [-0.39, 0.29) is 5.91 Å². The molecule has 0 bridgehead atoms. The second kappa shape index (κ2) is 5.59. The maximum absolute atomic E-state index is 12.4. The minimum Gasteiger partial charge on any atom is -0.378 e. The van der Waals surface area contributed by atoms with E-state index in [1.165, 1.54) is 0 Å². The molecule has 0 N–H and O–H groups in total. The summed E-state index contributed by atoms with van der Waals surface area (Å²) < 4.78 is 5.59. The van der Waals surface area contributed by atoms with Crippen molar-refractivity contribution in [3.05, 3.63) is 11.1 Å². The van der Waals surface area contributed by atoms with E-state index in [0.717, 1.165) is 49.5 Å². The Morgan fingerprint density at radius 1 is 1.53 bits per heavy atom. The summed E-state index contributed by atoms with van der Waals surface area (Å²) in [5.74, 6) is 0.215. The summed E-state index contributed by atoms with van der Waals surface area (Å²) in [6, 6.07) is 0.391. The summed E-state index contributed by atoms with van der Waals surface area (Å²) in [6.07, 6.45) is 6.20. The maximum atomic E-state index is 12.4. The zero-order chi connectivity index (χ0) is 13.2. The van der Waals surface area contributed by atoms with E-state index in [4.69, 9.17) is 4.74 Å². The fraction of sp³-hybridized carbons (Fsp3) is 0.714. The van der Waals surface area contributed by atoms with Crippen molar-refractivity contribution >= 4 is 22.4 Å². The van der Waals surface area contributed by atoms with E-state index in [1.54, 1.807) is 11.3 Å². The zero-order valence-electron chi connectivity index (χ0n) is 11.3. The van der Waals surface area contributed by atoms with Gasteiger partial charge < -0.3 is 4.74 Å². The van der Waals surface area contributed by atoms with Gasteiger partial charge in [-0.05, 0) is 39.0 Å². The van der Waals surface area contributed by atoms with Crippen molar-refractivity contribution in [1.82, 2.24) is 4.98 Å². The van der Waals surface area contributed by atoms with E-state index >= 15 is 0 Å². The standard InChI is InChI=1S/C14H20N2O2S/c1-10-9-19-14(15-10)16(11-4-5-11)13(17)7-6-12-3-2-8-18-12/h9,11-12H,2-8H2,1H3/t12-/m0/s1. The molecule has 1 aromatic heterocycles. The minimum absolute atomic E-state index is 0.215. The third-order valence-corrected chi connectivity index (χ3v) is 4.66. The highest BCUT2D eigenvalue weighted by molar-refractivity contribution is 7.14. The topological polar surface area (TPSA) is 42.4 Å². The molecule has 0 spiro atoms. The molecule has 5 heteroatoms. The predicted octanol–water partition coefficient (Wildman–Crippen LogP) is 2.91. The number of rotatable bonds is 5. The molecule has 104 valence electrons. The summed E-state index contributed by atoms with van der Waals surface area (Å²) in [7, 11) is 0. The van der Waals surface area contributed by atoms with Gasteiger partial charge in [0.05, 0.1) is 11.8 Å². The molecule has 4 nitrogen and oxygen atoms in total. The van der Waals surface area contributed by atoms with Crippen molar-refractivity contribution in [2.75, 3.05) is 11.5 Å². The Hall–Kier alpha value is -0.940. The Balaban J connectivity index is 1.61. The van der Waals surface area contributed by atoms with Crippen LogP contribution in [0.2, 0.25) is 0 Å². The molecule has 2 heterocycles. The summed E-state index contributed by atoms with van der Waals surface area (Å²) in [6.45, 7) is 2.83. The van der Waals surface area contributed by atoms with Gasteiger partial charge in [-0.1, -0.05) is 0 Å². The highest BCUT2D eigenvalue weighted by Crippen LogP contribution is 2.34. The van der Waals surface area contributed by atoms with E-state index in [1.807, 2.05) is 17.2 Å². The van der Waals surface area contributed by atoms with E-state index in [0.29, 0.717) is 18.6 Å². The first kappa shape index (κ1) is 13.1. The summed E-state index contributed by atoms with van der Waals surface area (Å²) >= 11 is 1.58. The Morgan fingerprint density at radius 2 is 2.37 bits per heavy atom. The van der Waals surface area contributed by atoms with Crippen LogP contribution in [-0.4, -0.2) is 29.6 Å². The fourth-order valence-corrected chi connectivity index (χ4v) is 3.42. The number of ether oxygens (including phenoxy) is 1. The SMILES string of the molecule is Cc1csc(N(C(=O)CC[C@@H]2CCCO2)C2CC2)n1. The van der Waals surface area contributed by atoms with E-state index in [2.05, 4.69) is 4.98 Å². The van der Waals surface area contributed by atoms with Crippen LogP contribution in [0.1, 0.15) is 44.2 Å². The smallest absolute Gasteiger partial charge is 0.229 e. The number of aryl methyl sites for hydroxylation is 1. The maximum Gasteiger partial charge on any atom is 0.229 e. The van der Waals surface area contributed by atoms with Crippen LogP contribution in [0.4, 0.5) is 5.13 Å². The monoisotopic (exact) mass is 280 g/mol. The van der Waals surface area contributed by atoms with Crippen LogP contribution in [0.5, 0.6) is 0 Å². The molecule has 2 aliphatic rings. The molecule has 1 saturated heterocycles. The number of hydrogen-bond acceptors (Lipinski definition) is 4. The quantitative estimate of drug-likeness (QED) is 0.833. The lowest BCUT2D eigenvalue weighted by molar-refractivity contribution is -0.119. The molecular formula is C14H20N2O2S. The number of aromatic nitrogens is 1. The van der Waals surface area contributed by atoms with Gasteiger partial charge in [0.2, 0.25) is 5.91 Å². The molecule has 1 aliphatic heterocycles. The third kappa shape index (κ3) is 3.15. The predicted molar refractivity (Wildman–Crippen MR) is 75.6 cm³/mol. The Labute approximate surface area is 117 Å². The molecule has 0 aromatic carbocycles. The number of carbonyl (C=O) groups excluding carboxylic acids is 1. The van der Waals surface area contributed by atoms with Gasteiger partial charge >= 0.3 is 0 Å². The van der Waals surface area contributed by atoms with Gasteiger partial charge in [0.15, 0.2) is 5.13 Å². The molecule has 0 unspecified atom stereocenters. The second-order valence-electron chi connectivity index (χ2n) is 5.44. The van der Waals surface area contributed by atoms with Crippen molar-refractivity contribution in [2.45, 2.75) is 57.6 Å². The normalized spacial score (nSPS) is 22.7. The van der Waals surface area contributed by atoms with Crippen molar-refractivity contribution < 1.29 is 9.53 Å². The van der Waals surface area contributed by atoms with Gasteiger partial charge in [0.25, 0.3) is 0 Å². The number of anilines is 1. The third-order valence-electron chi connectivity index (χ3n) is 3.70. The van der Waals surface area contributed by atoms with Crippen LogP contribution in [0.15, 0.2) is 5.38 Å². The molecule has 1 amide bonds. The first-order valence-corrected chi connectivity index (χ1v) is 7.98. The summed E-state index contributed by atoms with van der Waals surface area (Å²) in [5, 5.41) is 2.88. The van der Waals surface area contributed by atoms with Crippen molar-refractivity contribution in [1.29, 1.82) is 0 Å². The fourth-order valence-electron chi connectivity index (χ4n) is 2.53. The van der Waals surface area contributed by atoms with Crippen LogP contribution in [0.25, 0.3) is 0 Å². The average Bonchev–Trinajstić information content (AvgIpc) is 2.90. The Kier molecular flexibility index (Phi) is 3.84.